The standard InChI is InChI=1S/C20H28N2O7S/c1-5-6-14-28-15-9-11-16(12-10-15)30(26,27)22-17(18(23)24)8-7-13-21-19(25)29-20(2,3)4/h9-12,17,22H,7-8,13-14H2,1-4H3,(H,21,25)(H,23,24). The molecule has 0 aliphatic carbocycles. The predicted molar refractivity (Wildman–Crippen MR) is 111 cm³/mol. The first kappa shape index (κ1) is 25.3. The van der Waals surface area contributed by atoms with Crippen LogP contribution in [0.3, 0.4) is 0 Å². The normalized spacial score (nSPS) is 12.3. The minimum Gasteiger partial charge on any atom is -0.481 e. The van der Waals surface area contributed by atoms with Crippen molar-refractivity contribution in [3.8, 4) is 17.6 Å². The van der Waals surface area contributed by atoms with Crippen LogP contribution < -0.4 is 14.8 Å². The van der Waals surface area contributed by atoms with Crippen molar-refractivity contribution in [2.75, 3.05) is 13.2 Å². The Morgan fingerprint density at radius 3 is 2.37 bits per heavy atom. The van der Waals surface area contributed by atoms with Crippen LogP contribution in [-0.2, 0) is 19.6 Å². The third kappa shape index (κ3) is 9.62. The van der Waals surface area contributed by atoms with Crippen molar-refractivity contribution < 1.29 is 32.6 Å². The van der Waals surface area contributed by atoms with Crippen molar-refractivity contribution in [2.24, 2.45) is 0 Å². The van der Waals surface area contributed by atoms with Gasteiger partial charge in [-0.05, 0) is 64.8 Å². The van der Waals surface area contributed by atoms with E-state index in [0.717, 1.165) is 0 Å². The van der Waals surface area contributed by atoms with Crippen LogP contribution in [0.1, 0.15) is 40.5 Å². The van der Waals surface area contributed by atoms with E-state index in [1.165, 1.54) is 24.3 Å². The Hall–Kier alpha value is -2.77. The third-order valence-corrected chi connectivity index (χ3v) is 5.04. The van der Waals surface area contributed by atoms with Crippen molar-refractivity contribution in [3.63, 3.8) is 0 Å². The number of alkyl carbamates (subject to hydrolysis) is 1. The van der Waals surface area contributed by atoms with Crippen LogP contribution in [-0.4, -0.2) is 50.4 Å². The molecule has 1 aromatic rings. The van der Waals surface area contributed by atoms with E-state index in [4.69, 9.17) is 9.47 Å². The Labute approximate surface area is 177 Å². The first-order chi connectivity index (χ1) is 13.9. The van der Waals surface area contributed by atoms with Gasteiger partial charge in [0.15, 0.2) is 0 Å². The third-order valence-electron chi connectivity index (χ3n) is 3.56. The fourth-order valence-electron chi connectivity index (χ4n) is 2.21. The maximum Gasteiger partial charge on any atom is 0.407 e. The molecular weight excluding hydrogens is 412 g/mol. The van der Waals surface area contributed by atoms with Gasteiger partial charge in [0.25, 0.3) is 0 Å². The summed E-state index contributed by atoms with van der Waals surface area (Å²) in [5, 5.41) is 11.8. The number of amides is 1. The van der Waals surface area contributed by atoms with Gasteiger partial charge in [0.2, 0.25) is 10.0 Å². The molecule has 0 fully saturated rings. The Bertz CT molecular complexity index is 878. The van der Waals surface area contributed by atoms with E-state index in [-0.39, 0.29) is 30.9 Å². The molecule has 1 aromatic carbocycles. The van der Waals surface area contributed by atoms with Gasteiger partial charge in [-0.3, -0.25) is 4.79 Å². The molecule has 1 atom stereocenters. The first-order valence-electron chi connectivity index (χ1n) is 9.29. The lowest BCUT2D eigenvalue weighted by Gasteiger charge is -2.20. The number of carbonyl (C=O) groups is 2. The fraction of sp³-hybridized carbons (Fsp3) is 0.500. The number of carboxylic acids is 1. The molecule has 3 N–H and O–H groups in total. The van der Waals surface area contributed by atoms with E-state index in [1.807, 2.05) is 0 Å². The number of benzene rings is 1. The second-order valence-electron chi connectivity index (χ2n) is 7.27. The zero-order valence-corrected chi connectivity index (χ0v) is 18.3. The van der Waals surface area contributed by atoms with Gasteiger partial charge in [-0.25, -0.2) is 13.2 Å². The molecule has 0 aromatic heterocycles. The van der Waals surface area contributed by atoms with E-state index in [2.05, 4.69) is 21.9 Å². The van der Waals surface area contributed by atoms with Crippen molar-refractivity contribution in [3.05, 3.63) is 24.3 Å². The van der Waals surface area contributed by atoms with E-state index >= 15 is 0 Å². The van der Waals surface area contributed by atoms with Crippen LogP contribution in [0, 0.1) is 11.8 Å². The average Bonchev–Trinajstić information content (AvgIpc) is 2.63. The van der Waals surface area contributed by atoms with E-state index in [1.54, 1.807) is 27.7 Å². The van der Waals surface area contributed by atoms with Gasteiger partial charge >= 0.3 is 12.1 Å². The summed E-state index contributed by atoms with van der Waals surface area (Å²) in [5.41, 5.74) is -0.646. The molecule has 10 heteroatoms. The SMILES string of the molecule is CC#CCOc1ccc(S(=O)(=O)NC(CCCNC(=O)OC(C)(C)C)C(=O)O)cc1. The highest BCUT2D eigenvalue weighted by molar-refractivity contribution is 7.89. The van der Waals surface area contributed by atoms with Gasteiger partial charge in [0.1, 0.15) is 24.0 Å². The second kappa shape index (κ2) is 11.4. The number of hydrogen-bond donors (Lipinski definition) is 3. The summed E-state index contributed by atoms with van der Waals surface area (Å²) in [6.07, 6.45) is -0.396. The van der Waals surface area contributed by atoms with Gasteiger partial charge in [0.05, 0.1) is 4.90 Å². The molecule has 0 radical (unpaired) electrons. The van der Waals surface area contributed by atoms with Gasteiger partial charge in [-0.2, -0.15) is 4.72 Å². The molecular formula is C20H28N2O7S. The molecule has 0 saturated carbocycles. The Morgan fingerprint density at radius 1 is 1.20 bits per heavy atom. The fourth-order valence-corrected chi connectivity index (χ4v) is 3.43. The molecule has 1 unspecified atom stereocenters. The van der Waals surface area contributed by atoms with Crippen molar-refractivity contribution in [1.29, 1.82) is 0 Å². The smallest absolute Gasteiger partial charge is 0.407 e. The lowest BCUT2D eigenvalue weighted by atomic mass is 10.2. The summed E-state index contributed by atoms with van der Waals surface area (Å²) in [5.74, 6) is 4.53. The molecule has 0 aliphatic rings. The van der Waals surface area contributed by atoms with Crippen LogP contribution in [0.5, 0.6) is 5.75 Å². The minimum atomic E-state index is -4.05. The average molecular weight is 441 g/mol. The van der Waals surface area contributed by atoms with Crippen LogP contribution in [0.4, 0.5) is 4.79 Å². The number of nitrogens with one attached hydrogen (secondary N) is 2. The van der Waals surface area contributed by atoms with Crippen LogP contribution >= 0.6 is 0 Å². The maximum atomic E-state index is 12.5. The number of hydrogen-bond acceptors (Lipinski definition) is 6. The molecule has 0 heterocycles. The van der Waals surface area contributed by atoms with Crippen LogP contribution in [0.25, 0.3) is 0 Å². The molecule has 30 heavy (non-hydrogen) atoms. The molecule has 9 nitrogen and oxygen atoms in total. The highest BCUT2D eigenvalue weighted by Crippen LogP contribution is 2.17. The summed E-state index contributed by atoms with van der Waals surface area (Å²) in [6, 6.07) is 4.23. The number of carbonyl (C=O) groups excluding carboxylic acids is 1. The summed E-state index contributed by atoms with van der Waals surface area (Å²) in [7, 11) is -4.05. The number of sulfonamides is 1. The Morgan fingerprint density at radius 2 is 1.83 bits per heavy atom. The van der Waals surface area contributed by atoms with E-state index in [0.29, 0.717) is 5.75 Å². The summed E-state index contributed by atoms with van der Waals surface area (Å²) in [6.45, 7) is 7.17. The summed E-state index contributed by atoms with van der Waals surface area (Å²) < 4.78 is 37.5. The second-order valence-corrected chi connectivity index (χ2v) is 8.98. The van der Waals surface area contributed by atoms with E-state index in [9.17, 15) is 23.1 Å². The molecule has 1 amide bonds. The van der Waals surface area contributed by atoms with Crippen molar-refractivity contribution >= 4 is 22.1 Å². The molecule has 0 saturated heterocycles. The maximum absolute atomic E-state index is 12.5. The monoisotopic (exact) mass is 440 g/mol. The van der Waals surface area contributed by atoms with Gasteiger partial charge < -0.3 is 19.9 Å². The lowest BCUT2D eigenvalue weighted by Crippen LogP contribution is -2.41. The number of rotatable bonds is 10. The van der Waals surface area contributed by atoms with Gasteiger partial charge in [-0.15, -0.1) is 5.92 Å². The van der Waals surface area contributed by atoms with Crippen molar-refractivity contribution in [2.45, 2.75) is 57.1 Å². The first-order valence-corrected chi connectivity index (χ1v) is 10.8. The molecule has 166 valence electrons. The largest absolute Gasteiger partial charge is 0.481 e. The van der Waals surface area contributed by atoms with Crippen molar-refractivity contribution in [1.82, 2.24) is 10.0 Å². The quantitative estimate of drug-likeness (QED) is 0.375. The zero-order chi connectivity index (χ0) is 22.8. The molecule has 0 spiro atoms. The number of aliphatic carboxylic acids is 1. The highest BCUT2D eigenvalue weighted by Gasteiger charge is 2.25. The molecule has 0 bridgehead atoms. The van der Waals surface area contributed by atoms with Gasteiger partial charge in [0, 0.05) is 6.54 Å². The zero-order valence-electron chi connectivity index (χ0n) is 17.5. The van der Waals surface area contributed by atoms with Gasteiger partial charge in [-0.1, -0.05) is 5.92 Å². The van der Waals surface area contributed by atoms with Crippen LogP contribution in [0.15, 0.2) is 29.2 Å². The molecule has 0 aliphatic heterocycles. The predicted octanol–water partition coefficient (Wildman–Crippen LogP) is 2.13. The summed E-state index contributed by atoms with van der Waals surface area (Å²) >= 11 is 0. The van der Waals surface area contributed by atoms with E-state index < -0.39 is 33.7 Å². The number of carboxylic acid groups (broad SMARTS) is 1. The number of ether oxygens (including phenoxy) is 2. The molecule has 1 rings (SSSR count). The highest BCUT2D eigenvalue weighted by atomic mass is 32.2. The Kier molecular flexibility index (Phi) is 9.62. The minimum absolute atomic E-state index is 0.0127. The summed E-state index contributed by atoms with van der Waals surface area (Å²) in [4.78, 5) is 22.9. The van der Waals surface area contributed by atoms with Crippen LogP contribution in [0.2, 0.25) is 0 Å². The Balaban J connectivity index is 2.63. The lowest BCUT2D eigenvalue weighted by molar-refractivity contribution is -0.139. The topological polar surface area (TPSA) is 131 Å².